The molecule has 0 radical (unpaired) electrons. The predicted octanol–water partition coefficient (Wildman–Crippen LogP) is 2.26. The van der Waals surface area contributed by atoms with Gasteiger partial charge < -0.3 is 10.1 Å². The van der Waals surface area contributed by atoms with Crippen LogP contribution in [0.5, 0.6) is 5.75 Å². The van der Waals surface area contributed by atoms with Crippen molar-refractivity contribution in [2.24, 2.45) is 0 Å². The Morgan fingerprint density at radius 3 is 2.71 bits per heavy atom. The number of carbonyl (C=O) groups is 1. The molecule has 1 amide bonds. The third-order valence-corrected chi connectivity index (χ3v) is 1.98. The summed E-state index contributed by atoms with van der Waals surface area (Å²) in [5.41, 5.74) is 0.680. The lowest BCUT2D eigenvalue weighted by Gasteiger charge is -2.08. The van der Waals surface area contributed by atoms with E-state index in [-0.39, 0.29) is 6.54 Å². The fourth-order valence-corrected chi connectivity index (χ4v) is 1.23. The van der Waals surface area contributed by atoms with E-state index >= 15 is 0 Å². The molecular weight excluding hydrogens is 235 g/mol. The number of carbonyl (C=O) groups excluding carboxylic acids is 1. The highest BCUT2D eigenvalue weighted by molar-refractivity contribution is 5.76. The van der Waals surface area contributed by atoms with Crippen molar-refractivity contribution in [3.8, 4) is 5.75 Å². The van der Waals surface area contributed by atoms with Gasteiger partial charge in [0.05, 0.1) is 7.11 Å². The van der Waals surface area contributed by atoms with Gasteiger partial charge in [-0.2, -0.15) is 13.2 Å². The average Bonchev–Trinajstić information content (AvgIpc) is 2.24. The van der Waals surface area contributed by atoms with E-state index in [0.717, 1.165) is 0 Å². The van der Waals surface area contributed by atoms with Gasteiger partial charge in [-0.1, -0.05) is 12.1 Å². The second-order valence-corrected chi connectivity index (χ2v) is 3.42. The van der Waals surface area contributed by atoms with Crippen LogP contribution in [0.4, 0.5) is 13.2 Å². The second kappa shape index (κ2) is 5.56. The minimum absolute atomic E-state index is 0.0477. The van der Waals surface area contributed by atoms with Crippen molar-refractivity contribution in [1.82, 2.24) is 5.32 Å². The smallest absolute Gasteiger partial charge is 0.397 e. The first-order chi connectivity index (χ1) is 7.90. The van der Waals surface area contributed by atoms with Gasteiger partial charge in [-0.25, -0.2) is 0 Å². The average molecular weight is 247 g/mol. The fraction of sp³-hybridized carbons (Fsp3) is 0.364. The summed E-state index contributed by atoms with van der Waals surface area (Å²) >= 11 is 0. The summed E-state index contributed by atoms with van der Waals surface area (Å²) in [6.07, 6.45) is -5.94. The summed E-state index contributed by atoms with van der Waals surface area (Å²) < 4.78 is 40.6. The Balaban J connectivity index is 2.47. The van der Waals surface area contributed by atoms with Gasteiger partial charge in [-0.15, -0.1) is 0 Å². The summed E-state index contributed by atoms with van der Waals surface area (Å²) in [4.78, 5) is 10.9. The molecule has 6 heteroatoms. The highest BCUT2D eigenvalue weighted by Gasteiger charge is 2.30. The molecule has 3 nitrogen and oxygen atoms in total. The third kappa shape index (κ3) is 5.24. The van der Waals surface area contributed by atoms with Crippen LogP contribution in [-0.4, -0.2) is 19.2 Å². The molecule has 0 spiro atoms. The van der Waals surface area contributed by atoms with Crippen LogP contribution in [0.1, 0.15) is 12.0 Å². The van der Waals surface area contributed by atoms with Gasteiger partial charge in [-0.3, -0.25) is 4.79 Å². The Morgan fingerprint density at radius 1 is 1.41 bits per heavy atom. The van der Waals surface area contributed by atoms with E-state index in [2.05, 4.69) is 5.32 Å². The molecule has 1 N–H and O–H groups in total. The molecule has 17 heavy (non-hydrogen) atoms. The van der Waals surface area contributed by atoms with Crippen LogP contribution < -0.4 is 10.1 Å². The van der Waals surface area contributed by atoms with E-state index in [4.69, 9.17) is 4.74 Å². The van der Waals surface area contributed by atoms with Crippen molar-refractivity contribution in [1.29, 1.82) is 0 Å². The van der Waals surface area contributed by atoms with Crippen LogP contribution >= 0.6 is 0 Å². The van der Waals surface area contributed by atoms with Crippen molar-refractivity contribution in [2.45, 2.75) is 19.1 Å². The zero-order valence-electron chi connectivity index (χ0n) is 9.17. The zero-order chi connectivity index (χ0) is 12.9. The van der Waals surface area contributed by atoms with Crippen molar-refractivity contribution >= 4 is 5.91 Å². The van der Waals surface area contributed by atoms with Crippen molar-refractivity contribution in [3.63, 3.8) is 0 Å². The molecule has 0 aliphatic heterocycles. The van der Waals surface area contributed by atoms with E-state index in [0.29, 0.717) is 11.3 Å². The quantitative estimate of drug-likeness (QED) is 0.886. The van der Waals surface area contributed by atoms with Crippen LogP contribution in [0, 0.1) is 0 Å². The minimum Gasteiger partial charge on any atom is -0.497 e. The number of benzene rings is 1. The molecule has 0 heterocycles. The normalized spacial score (nSPS) is 11.1. The monoisotopic (exact) mass is 247 g/mol. The topological polar surface area (TPSA) is 38.3 Å². The van der Waals surface area contributed by atoms with Crippen LogP contribution in [0.2, 0.25) is 0 Å². The Bertz CT molecular complexity index is 391. The number of hydrogen-bond acceptors (Lipinski definition) is 2. The Kier molecular flexibility index (Phi) is 4.37. The molecule has 94 valence electrons. The molecular formula is C11H12F3NO2. The molecule has 0 aromatic heterocycles. The summed E-state index contributed by atoms with van der Waals surface area (Å²) in [6.45, 7) is 0.0477. The fourth-order valence-electron chi connectivity index (χ4n) is 1.23. The largest absolute Gasteiger partial charge is 0.497 e. The molecule has 1 aromatic carbocycles. The first-order valence-electron chi connectivity index (χ1n) is 4.87. The lowest BCUT2D eigenvalue weighted by molar-refractivity contribution is -0.153. The molecule has 0 fully saturated rings. The van der Waals surface area contributed by atoms with Crippen LogP contribution in [-0.2, 0) is 11.3 Å². The van der Waals surface area contributed by atoms with Gasteiger partial charge >= 0.3 is 6.18 Å². The predicted molar refractivity (Wildman–Crippen MR) is 55.5 cm³/mol. The molecule has 0 saturated heterocycles. The molecule has 0 saturated carbocycles. The zero-order valence-corrected chi connectivity index (χ0v) is 9.17. The lowest BCUT2D eigenvalue weighted by atomic mass is 10.2. The maximum atomic E-state index is 11.9. The number of nitrogens with one attached hydrogen (secondary N) is 1. The SMILES string of the molecule is COc1cccc(CNC(=O)CC(F)(F)F)c1. The summed E-state index contributed by atoms with van der Waals surface area (Å²) in [6, 6.07) is 6.75. The molecule has 0 bridgehead atoms. The second-order valence-electron chi connectivity index (χ2n) is 3.42. The number of methoxy groups -OCH3 is 1. The highest BCUT2D eigenvalue weighted by atomic mass is 19.4. The molecule has 1 rings (SSSR count). The van der Waals surface area contributed by atoms with Gasteiger partial charge in [0, 0.05) is 6.54 Å². The van der Waals surface area contributed by atoms with Crippen LogP contribution in [0.3, 0.4) is 0 Å². The van der Waals surface area contributed by atoms with Gasteiger partial charge in [0.15, 0.2) is 0 Å². The van der Waals surface area contributed by atoms with E-state index in [1.165, 1.54) is 7.11 Å². The molecule has 1 aromatic rings. The highest BCUT2D eigenvalue weighted by Crippen LogP contribution is 2.19. The van der Waals surface area contributed by atoms with Crippen LogP contribution in [0.25, 0.3) is 0 Å². The Labute approximate surface area is 96.6 Å². The third-order valence-electron chi connectivity index (χ3n) is 1.98. The molecule has 0 atom stereocenters. The van der Waals surface area contributed by atoms with Crippen molar-refractivity contribution in [3.05, 3.63) is 29.8 Å². The Morgan fingerprint density at radius 2 is 2.12 bits per heavy atom. The van der Waals surface area contributed by atoms with E-state index in [1.807, 2.05) is 0 Å². The van der Waals surface area contributed by atoms with Crippen LogP contribution in [0.15, 0.2) is 24.3 Å². The van der Waals surface area contributed by atoms with Crippen molar-refractivity contribution < 1.29 is 22.7 Å². The maximum Gasteiger partial charge on any atom is 0.397 e. The standard InChI is InChI=1S/C11H12F3NO2/c1-17-9-4-2-3-8(5-9)7-15-10(16)6-11(12,13)14/h2-5H,6-7H2,1H3,(H,15,16). The van der Waals surface area contributed by atoms with Gasteiger partial charge in [0.25, 0.3) is 0 Å². The van der Waals surface area contributed by atoms with E-state index in [1.54, 1.807) is 24.3 Å². The summed E-state index contributed by atoms with van der Waals surface area (Å²) in [5.74, 6) is -0.451. The number of alkyl halides is 3. The molecule has 0 aliphatic rings. The van der Waals surface area contributed by atoms with E-state index in [9.17, 15) is 18.0 Å². The number of hydrogen-bond donors (Lipinski definition) is 1. The summed E-state index contributed by atoms with van der Waals surface area (Å²) in [5, 5.41) is 2.19. The first kappa shape index (κ1) is 13.3. The van der Waals surface area contributed by atoms with Crippen molar-refractivity contribution in [2.75, 3.05) is 7.11 Å². The first-order valence-corrected chi connectivity index (χ1v) is 4.87. The Hall–Kier alpha value is -1.72. The number of ether oxygens (including phenoxy) is 1. The molecule has 0 unspecified atom stereocenters. The lowest BCUT2D eigenvalue weighted by Crippen LogP contribution is -2.28. The van der Waals surface area contributed by atoms with Gasteiger partial charge in [-0.05, 0) is 17.7 Å². The number of rotatable bonds is 4. The molecule has 0 aliphatic carbocycles. The van der Waals surface area contributed by atoms with Gasteiger partial charge in [0.2, 0.25) is 5.91 Å². The number of amides is 1. The number of halogens is 3. The van der Waals surface area contributed by atoms with Gasteiger partial charge in [0.1, 0.15) is 12.2 Å². The maximum absolute atomic E-state index is 11.9. The minimum atomic E-state index is -4.47. The van der Waals surface area contributed by atoms with E-state index < -0.39 is 18.5 Å². The summed E-state index contributed by atoms with van der Waals surface area (Å²) in [7, 11) is 1.49.